The average molecular weight is 399 g/mol. The number of ether oxygens (including phenoxy) is 1. The first kappa shape index (κ1) is 20.6. The van der Waals surface area contributed by atoms with Gasteiger partial charge >= 0.3 is 5.97 Å². The Kier molecular flexibility index (Phi) is 8.25. The minimum absolute atomic E-state index is 0.0247. The van der Waals surface area contributed by atoms with Crippen LogP contribution in [0.2, 0.25) is 5.02 Å². The van der Waals surface area contributed by atoms with Crippen molar-refractivity contribution in [2.24, 2.45) is 0 Å². The first-order valence-corrected chi connectivity index (χ1v) is 10.1. The molecule has 1 N–H and O–H groups in total. The van der Waals surface area contributed by atoms with Crippen LogP contribution in [0.5, 0.6) is 0 Å². The van der Waals surface area contributed by atoms with Crippen LogP contribution >= 0.6 is 23.4 Å². The topological polar surface area (TPSA) is 75.7 Å². The predicted octanol–water partition coefficient (Wildman–Crippen LogP) is 2.96. The van der Waals surface area contributed by atoms with Crippen molar-refractivity contribution in [2.75, 3.05) is 30.0 Å². The maximum atomic E-state index is 12.1. The quantitative estimate of drug-likeness (QED) is 0.714. The van der Waals surface area contributed by atoms with Crippen LogP contribution in [0, 0.1) is 0 Å². The van der Waals surface area contributed by atoms with Gasteiger partial charge in [0, 0.05) is 23.3 Å². The number of hydrogen-bond donors (Lipinski definition) is 1. The van der Waals surface area contributed by atoms with Crippen LogP contribution in [0.15, 0.2) is 24.3 Å². The number of carbonyl (C=O) groups is 3. The summed E-state index contributed by atoms with van der Waals surface area (Å²) in [6, 6.07) is 6.96. The molecule has 1 aliphatic heterocycles. The highest BCUT2D eigenvalue weighted by Gasteiger charge is 2.23. The van der Waals surface area contributed by atoms with Crippen LogP contribution in [0.4, 0.5) is 5.69 Å². The molecule has 8 heteroatoms. The van der Waals surface area contributed by atoms with Gasteiger partial charge in [-0.25, -0.2) is 0 Å². The van der Waals surface area contributed by atoms with E-state index < -0.39 is 5.97 Å². The van der Waals surface area contributed by atoms with E-state index >= 15 is 0 Å². The molecule has 0 radical (unpaired) electrons. The summed E-state index contributed by atoms with van der Waals surface area (Å²) in [7, 11) is 0. The van der Waals surface area contributed by atoms with Crippen LogP contribution in [0.3, 0.4) is 0 Å². The SMILES string of the molecule is C[C@@H]1CCCCN1C(=O)COC(=O)CSCC(=O)Nc1ccc(Cl)cc1. The minimum atomic E-state index is -0.493. The largest absolute Gasteiger partial charge is 0.455 e. The van der Waals surface area contributed by atoms with Crippen molar-refractivity contribution in [3.8, 4) is 0 Å². The number of nitrogens with one attached hydrogen (secondary N) is 1. The monoisotopic (exact) mass is 398 g/mol. The molecule has 6 nitrogen and oxygen atoms in total. The Bertz CT molecular complexity index is 639. The van der Waals surface area contributed by atoms with Crippen molar-refractivity contribution in [1.82, 2.24) is 4.90 Å². The fourth-order valence-electron chi connectivity index (χ4n) is 2.69. The van der Waals surface area contributed by atoms with Crippen LogP contribution in [0.1, 0.15) is 26.2 Å². The van der Waals surface area contributed by atoms with E-state index in [-0.39, 0.29) is 36.0 Å². The maximum Gasteiger partial charge on any atom is 0.316 e. The molecule has 1 fully saturated rings. The molecule has 1 saturated heterocycles. The van der Waals surface area contributed by atoms with E-state index in [9.17, 15) is 14.4 Å². The first-order chi connectivity index (χ1) is 12.5. The van der Waals surface area contributed by atoms with Gasteiger partial charge in [-0.05, 0) is 50.5 Å². The molecule has 0 aliphatic carbocycles. The van der Waals surface area contributed by atoms with Crippen molar-refractivity contribution in [3.05, 3.63) is 29.3 Å². The third-order valence-electron chi connectivity index (χ3n) is 4.06. The van der Waals surface area contributed by atoms with Crippen LogP contribution in [-0.2, 0) is 19.1 Å². The zero-order chi connectivity index (χ0) is 18.9. The molecule has 0 saturated carbocycles. The molecule has 2 rings (SSSR count). The minimum Gasteiger partial charge on any atom is -0.455 e. The molecule has 26 heavy (non-hydrogen) atoms. The van der Waals surface area contributed by atoms with Gasteiger partial charge in [0.15, 0.2) is 6.61 Å². The highest BCUT2D eigenvalue weighted by Crippen LogP contribution is 2.16. The Labute approximate surface area is 162 Å². The van der Waals surface area contributed by atoms with Gasteiger partial charge in [0.1, 0.15) is 0 Å². The molecular weight excluding hydrogens is 376 g/mol. The molecule has 1 aromatic rings. The van der Waals surface area contributed by atoms with Gasteiger partial charge in [-0.1, -0.05) is 11.6 Å². The van der Waals surface area contributed by atoms with Crippen molar-refractivity contribution in [3.63, 3.8) is 0 Å². The highest BCUT2D eigenvalue weighted by atomic mass is 35.5. The lowest BCUT2D eigenvalue weighted by molar-refractivity contribution is -0.151. The fraction of sp³-hybridized carbons (Fsp3) is 0.500. The van der Waals surface area contributed by atoms with Crippen LogP contribution < -0.4 is 5.32 Å². The van der Waals surface area contributed by atoms with Crippen molar-refractivity contribution < 1.29 is 19.1 Å². The van der Waals surface area contributed by atoms with Crippen molar-refractivity contribution in [1.29, 1.82) is 0 Å². The number of carbonyl (C=O) groups excluding carboxylic acids is 3. The average Bonchev–Trinajstić information content (AvgIpc) is 2.62. The number of esters is 1. The molecule has 142 valence electrons. The summed E-state index contributed by atoms with van der Waals surface area (Å²) in [4.78, 5) is 37.4. The second kappa shape index (κ2) is 10.4. The number of anilines is 1. The zero-order valence-corrected chi connectivity index (χ0v) is 16.3. The van der Waals surface area contributed by atoms with Gasteiger partial charge in [-0.3, -0.25) is 14.4 Å². The van der Waals surface area contributed by atoms with Gasteiger partial charge in [-0.2, -0.15) is 0 Å². The Morgan fingerprint density at radius 3 is 2.65 bits per heavy atom. The second-order valence-corrected chi connectivity index (χ2v) is 7.56. The maximum absolute atomic E-state index is 12.1. The third-order valence-corrected chi connectivity index (χ3v) is 5.22. The van der Waals surface area contributed by atoms with Crippen LogP contribution in [-0.4, -0.2) is 53.4 Å². The Balaban J connectivity index is 1.61. The Morgan fingerprint density at radius 2 is 1.96 bits per heavy atom. The van der Waals surface area contributed by atoms with Gasteiger partial charge < -0.3 is 15.0 Å². The van der Waals surface area contributed by atoms with E-state index in [2.05, 4.69) is 5.32 Å². The number of nitrogens with zero attached hydrogens (tertiary/aromatic N) is 1. The van der Waals surface area contributed by atoms with Crippen molar-refractivity contribution >= 4 is 46.8 Å². The molecule has 1 aliphatic rings. The summed E-state index contributed by atoms with van der Waals surface area (Å²) in [6.07, 6.45) is 3.10. The molecular formula is C18H23ClN2O4S. The molecule has 0 unspecified atom stereocenters. The van der Waals surface area contributed by atoms with E-state index in [4.69, 9.17) is 16.3 Å². The first-order valence-electron chi connectivity index (χ1n) is 8.54. The third kappa shape index (κ3) is 6.88. The standard InChI is InChI=1S/C18H23ClN2O4S/c1-13-4-2-3-9-21(13)17(23)10-25-18(24)12-26-11-16(22)20-15-7-5-14(19)6-8-15/h5-8,13H,2-4,9-12H2,1H3,(H,20,22)/t13-/m1/s1. The fourth-order valence-corrected chi connectivity index (χ4v) is 3.43. The summed E-state index contributed by atoms with van der Waals surface area (Å²) in [6.45, 7) is 2.49. The summed E-state index contributed by atoms with van der Waals surface area (Å²) in [5.41, 5.74) is 0.642. The molecule has 2 amide bonds. The van der Waals surface area contributed by atoms with Gasteiger partial charge in [-0.15, -0.1) is 11.8 Å². The summed E-state index contributed by atoms with van der Waals surface area (Å²) >= 11 is 6.92. The molecule has 0 spiro atoms. The number of likely N-dealkylation sites (tertiary alicyclic amines) is 1. The normalized spacial score (nSPS) is 16.8. The number of thioether (sulfide) groups is 1. The second-order valence-electron chi connectivity index (χ2n) is 6.14. The van der Waals surface area contributed by atoms with Gasteiger partial charge in [0.25, 0.3) is 5.91 Å². The molecule has 1 heterocycles. The lowest BCUT2D eigenvalue weighted by Gasteiger charge is -2.33. The summed E-state index contributed by atoms with van der Waals surface area (Å²) in [5, 5.41) is 3.30. The molecule has 1 atom stereocenters. The molecule has 0 bridgehead atoms. The Morgan fingerprint density at radius 1 is 1.23 bits per heavy atom. The van der Waals surface area contributed by atoms with Crippen molar-refractivity contribution in [2.45, 2.75) is 32.2 Å². The predicted molar refractivity (Wildman–Crippen MR) is 103 cm³/mol. The smallest absolute Gasteiger partial charge is 0.316 e. The zero-order valence-electron chi connectivity index (χ0n) is 14.7. The lowest BCUT2D eigenvalue weighted by atomic mass is 10.0. The number of piperidine rings is 1. The van der Waals surface area contributed by atoms with Crippen LogP contribution in [0.25, 0.3) is 0 Å². The van der Waals surface area contributed by atoms with E-state index in [0.717, 1.165) is 37.6 Å². The Hall–Kier alpha value is -1.73. The van der Waals surface area contributed by atoms with E-state index in [0.29, 0.717) is 10.7 Å². The highest BCUT2D eigenvalue weighted by molar-refractivity contribution is 8.00. The number of rotatable bonds is 7. The molecule has 0 aromatic heterocycles. The molecule has 1 aromatic carbocycles. The summed E-state index contributed by atoms with van der Waals surface area (Å²) < 4.78 is 5.02. The number of hydrogen-bond acceptors (Lipinski definition) is 5. The number of halogens is 1. The van der Waals surface area contributed by atoms with E-state index in [1.165, 1.54) is 0 Å². The van der Waals surface area contributed by atoms with E-state index in [1.54, 1.807) is 29.2 Å². The number of amides is 2. The summed E-state index contributed by atoms with van der Waals surface area (Å²) in [5.74, 6) is -0.724. The van der Waals surface area contributed by atoms with E-state index in [1.807, 2.05) is 6.92 Å². The van der Waals surface area contributed by atoms with Gasteiger partial charge in [0.2, 0.25) is 5.91 Å². The number of benzene rings is 1. The lowest BCUT2D eigenvalue weighted by Crippen LogP contribution is -2.44. The van der Waals surface area contributed by atoms with Gasteiger partial charge in [0.05, 0.1) is 11.5 Å².